The SMILES string of the molecule is Cc1nc2c(-c3ccc4nn(C)c(Cl)c4c3Cl)n[nH]c2nc1N1C2CCC1C(O)C(N)C2.Cn1nc2ccc(C=O)c(Cl)c2c1Cl. The first kappa shape index (κ1) is 31.1. The summed E-state index contributed by atoms with van der Waals surface area (Å²) in [4.78, 5) is 22.6. The fourth-order valence-corrected chi connectivity index (χ4v) is 7.80. The highest BCUT2D eigenvalue weighted by Gasteiger charge is 2.46. The fraction of sp³-hybridized carbons (Fsp3) is 0.333. The Labute approximate surface area is 282 Å². The Morgan fingerprint density at radius 1 is 0.957 bits per heavy atom. The van der Waals surface area contributed by atoms with Crippen LogP contribution in [0.1, 0.15) is 35.3 Å². The molecule has 6 aromatic rings. The minimum absolute atomic E-state index is 0.0406. The zero-order valence-corrected chi connectivity index (χ0v) is 27.9. The lowest BCUT2D eigenvalue weighted by Gasteiger charge is -2.42. The summed E-state index contributed by atoms with van der Waals surface area (Å²) in [5, 5.41) is 29.7. The number of nitrogens with two attached hydrogens (primary N) is 1. The number of nitrogens with zero attached hydrogens (tertiary/aromatic N) is 8. The number of aliphatic hydroxyl groups is 1. The summed E-state index contributed by atoms with van der Waals surface area (Å²) in [6, 6.07) is 7.11. The molecular formula is C30H28Cl4N10O2. The van der Waals surface area contributed by atoms with Crippen molar-refractivity contribution < 1.29 is 9.90 Å². The highest BCUT2D eigenvalue weighted by atomic mass is 35.5. The molecule has 46 heavy (non-hydrogen) atoms. The molecule has 0 aliphatic carbocycles. The van der Waals surface area contributed by atoms with Gasteiger partial charge in [0.05, 0.1) is 49.7 Å². The van der Waals surface area contributed by atoms with E-state index >= 15 is 0 Å². The first-order chi connectivity index (χ1) is 22.0. The summed E-state index contributed by atoms with van der Waals surface area (Å²) < 4.78 is 3.11. The fourth-order valence-electron chi connectivity index (χ4n) is 6.61. The molecule has 0 radical (unpaired) electrons. The van der Waals surface area contributed by atoms with Gasteiger partial charge in [-0.05, 0) is 50.5 Å². The van der Waals surface area contributed by atoms with Crippen LogP contribution in [0.4, 0.5) is 5.82 Å². The number of hydrogen-bond donors (Lipinski definition) is 3. The summed E-state index contributed by atoms with van der Waals surface area (Å²) in [7, 11) is 3.50. The number of aldehydes is 1. The van der Waals surface area contributed by atoms with Crippen LogP contribution in [-0.4, -0.2) is 75.3 Å². The van der Waals surface area contributed by atoms with Crippen LogP contribution < -0.4 is 10.6 Å². The van der Waals surface area contributed by atoms with Crippen LogP contribution in [0.5, 0.6) is 0 Å². The Kier molecular flexibility index (Phi) is 7.86. The molecule has 2 aliphatic rings. The first-order valence-corrected chi connectivity index (χ1v) is 16.0. The third kappa shape index (κ3) is 4.81. The number of anilines is 1. The van der Waals surface area contributed by atoms with Crippen molar-refractivity contribution in [3.8, 4) is 11.3 Å². The van der Waals surface area contributed by atoms with Gasteiger partial charge in [0, 0.05) is 37.3 Å². The number of H-pyrrole nitrogens is 1. The number of benzene rings is 2. The second kappa shape index (κ2) is 11.6. The maximum absolute atomic E-state index is 10.6. The summed E-state index contributed by atoms with van der Waals surface area (Å²) >= 11 is 25.1. The van der Waals surface area contributed by atoms with Gasteiger partial charge in [-0.25, -0.2) is 9.97 Å². The maximum atomic E-state index is 10.6. The van der Waals surface area contributed by atoms with Crippen molar-refractivity contribution in [2.24, 2.45) is 19.8 Å². The first-order valence-electron chi connectivity index (χ1n) is 14.5. The number of hydrogen-bond acceptors (Lipinski definition) is 9. The van der Waals surface area contributed by atoms with Gasteiger partial charge >= 0.3 is 0 Å². The van der Waals surface area contributed by atoms with E-state index in [1.165, 1.54) is 4.68 Å². The van der Waals surface area contributed by atoms with Crippen molar-refractivity contribution in [3.05, 3.63) is 55.9 Å². The zero-order valence-electron chi connectivity index (χ0n) is 24.8. The van der Waals surface area contributed by atoms with E-state index in [4.69, 9.17) is 62.1 Å². The average molecular weight is 702 g/mol. The highest BCUT2D eigenvalue weighted by molar-refractivity contribution is 6.44. The molecular weight excluding hydrogens is 674 g/mol. The molecule has 2 fully saturated rings. The number of rotatable bonds is 3. The largest absolute Gasteiger partial charge is 0.389 e. The Morgan fingerprint density at radius 2 is 1.61 bits per heavy atom. The van der Waals surface area contributed by atoms with E-state index in [1.807, 2.05) is 19.1 Å². The molecule has 0 spiro atoms. The van der Waals surface area contributed by atoms with Gasteiger partial charge in [0.1, 0.15) is 21.5 Å². The summed E-state index contributed by atoms with van der Waals surface area (Å²) in [6.45, 7) is 1.93. The van der Waals surface area contributed by atoms with Crippen LogP contribution in [0.2, 0.25) is 20.4 Å². The molecule has 2 aliphatic heterocycles. The minimum atomic E-state index is -0.572. The molecule has 4 N–H and O–H groups in total. The van der Waals surface area contributed by atoms with E-state index in [0.717, 1.165) is 30.8 Å². The third-order valence-corrected chi connectivity index (χ3v) is 10.5. The maximum Gasteiger partial charge on any atom is 0.177 e. The van der Waals surface area contributed by atoms with Gasteiger partial charge in [-0.2, -0.15) is 15.3 Å². The van der Waals surface area contributed by atoms with Crippen molar-refractivity contribution in [2.45, 2.75) is 50.4 Å². The molecule has 0 amide bonds. The second-order valence-corrected chi connectivity index (χ2v) is 13.1. The predicted molar refractivity (Wildman–Crippen MR) is 180 cm³/mol. The van der Waals surface area contributed by atoms with Crippen LogP contribution in [0.3, 0.4) is 0 Å². The summed E-state index contributed by atoms with van der Waals surface area (Å²) in [6.07, 6.45) is 2.76. The van der Waals surface area contributed by atoms with Crippen molar-refractivity contribution in [2.75, 3.05) is 4.90 Å². The predicted octanol–water partition coefficient (Wildman–Crippen LogP) is 5.64. The zero-order chi connectivity index (χ0) is 32.6. The van der Waals surface area contributed by atoms with Gasteiger partial charge in [0.2, 0.25) is 0 Å². The van der Waals surface area contributed by atoms with E-state index in [9.17, 15) is 9.90 Å². The Balaban J connectivity index is 0.000000202. The van der Waals surface area contributed by atoms with E-state index in [0.29, 0.717) is 76.4 Å². The molecule has 8 rings (SSSR count). The number of carbonyl (C=O) groups excluding carboxylic acids is 1. The van der Waals surface area contributed by atoms with Crippen LogP contribution in [0.25, 0.3) is 44.2 Å². The van der Waals surface area contributed by atoms with Crippen LogP contribution in [-0.2, 0) is 14.1 Å². The monoisotopic (exact) mass is 700 g/mol. The Morgan fingerprint density at radius 3 is 2.28 bits per heavy atom. The molecule has 2 bridgehead atoms. The number of nitrogens with one attached hydrogen (secondary N) is 1. The van der Waals surface area contributed by atoms with Gasteiger partial charge in [0.15, 0.2) is 17.8 Å². The topological polar surface area (TPSA) is 157 Å². The number of carbonyl (C=O) groups is 1. The van der Waals surface area contributed by atoms with Crippen LogP contribution in [0, 0.1) is 6.92 Å². The van der Waals surface area contributed by atoms with Gasteiger partial charge < -0.3 is 15.7 Å². The highest BCUT2D eigenvalue weighted by Crippen LogP contribution is 2.42. The number of piperidine rings is 1. The quantitative estimate of drug-likeness (QED) is 0.199. The number of halogens is 4. The molecule has 4 aromatic heterocycles. The number of aryl methyl sites for hydroxylation is 3. The molecule has 2 saturated heterocycles. The van der Waals surface area contributed by atoms with E-state index in [-0.39, 0.29) is 18.1 Å². The Bertz CT molecular complexity index is 2180. The average Bonchev–Trinajstić information content (AvgIpc) is 3.75. The summed E-state index contributed by atoms with van der Waals surface area (Å²) in [5.41, 5.74) is 11.3. The van der Waals surface area contributed by atoms with E-state index in [1.54, 1.807) is 30.9 Å². The standard InChI is InChI=1S/C21H22Cl2N8O.C9H6Cl2N2O/c1-8-21(31-9-3-6-13(31)18(32)11(24)7-9)26-20-17(25-8)16(27-28-20)10-4-5-12-14(15(10)22)19(23)30(2)29-12;1-13-9(11)7-6(12-13)3-2-5(4-14)8(7)10/h4-5,9,11,13,18,32H,3,6-7,24H2,1-2H3,(H,26,27,28);2-4H,1H3. The molecule has 12 nitrogen and oxygen atoms in total. The molecule has 2 aromatic carbocycles. The normalized spacial score (nSPS) is 20.9. The molecule has 6 heterocycles. The number of aromatic amines is 1. The van der Waals surface area contributed by atoms with Gasteiger partial charge in [-0.15, -0.1) is 0 Å². The van der Waals surface area contributed by atoms with Crippen molar-refractivity contribution in [3.63, 3.8) is 0 Å². The van der Waals surface area contributed by atoms with Crippen molar-refractivity contribution >= 4 is 91.5 Å². The third-order valence-electron chi connectivity index (χ3n) is 8.86. The van der Waals surface area contributed by atoms with Gasteiger partial charge in [-0.1, -0.05) is 46.4 Å². The molecule has 238 valence electrons. The van der Waals surface area contributed by atoms with E-state index in [2.05, 4.69) is 25.3 Å². The Hall–Kier alpha value is -3.52. The van der Waals surface area contributed by atoms with Crippen LogP contribution >= 0.6 is 46.4 Å². The van der Waals surface area contributed by atoms with Crippen molar-refractivity contribution in [1.82, 2.24) is 39.7 Å². The smallest absolute Gasteiger partial charge is 0.177 e. The van der Waals surface area contributed by atoms with Crippen molar-refractivity contribution in [1.29, 1.82) is 0 Å². The molecule has 0 saturated carbocycles. The number of aliphatic hydroxyl groups excluding tert-OH is 1. The molecule has 4 unspecified atom stereocenters. The van der Waals surface area contributed by atoms with Gasteiger partial charge in [-0.3, -0.25) is 19.3 Å². The molecule has 4 atom stereocenters. The molecule has 16 heteroatoms. The lowest BCUT2D eigenvalue weighted by molar-refractivity contribution is 0.0980. The number of fused-ring (bicyclic) bond motifs is 5. The van der Waals surface area contributed by atoms with E-state index < -0.39 is 6.10 Å². The number of aromatic nitrogens is 8. The minimum Gasteiger partial charge on any atom is -0.389 e. The lowest BCUT2D eigenvalue weighted by atomic mass is 9.95. The van der Waals surface area contributed by atoms with Gasteiger partial charge in [0.25, 0.3) is 0 Å². The summed E-state index contributed by atoms with van der Waals surface area (Å²) in [5.74, 6) is 0.767. The lowest BCUT2D eigenvalue weighted by Crippen LogP contribution is -2.57. The van der Waals surface area contributed by atoms with Crippen LogP contribution in [0.15, 0.2) is 24.3 Å². The second-order valence-electron chi connectivity index (χ2n) is 11.6.